The van der Waals surface area contributed by atoms with E-state index in [1.165, 1.54) is 0 Å². The van der Waals surface area contributed by atoms with Crippen LogP contribution in [0.5, 0.6) is 17.4 Å². The average Bonchev–Trinajstić information content (AvgIpc) is 2.79. The van der Waals surface area contributed by atoms with Gasteiger partial charge in [-0.15, -0.1) is 0 Å². The predicted octanol–water partition coefficient (Wildman–Crippen LogP) is 3.10. The molecule has 162 valence electrons. The Morgan fingerprint density at radius 1 is 0.933 bits per heavy atom. The number of aryl methyl sites for hydroxylation is 2. The standard InChI is InChI=1S/C22H30N4O4/c1-15-11-20(21(30-6)23-16(15)2)24(3)22(27)26-9-7-25(8-10-26)17-12-18(28-4)14-19(13-17)29-5/h11-14H,7-10H2,1-6H3. The van der Waals surface area contributed by atoms with E-state index in [1.54, 1.807) is 33.3 Å². The summed E-state index contributed by atoms with van der Waals surface area (Å²) in [4.78, 5) is 23.3. The van der Waals surface area contributed by atoms with Crippen molar-refractivity contribution < 1.29 is 19.0 Å². The van der Waals surface area contributed by atoms with Crippen molar-refractivity contribution in [2.45, 2.75) is 13.8 Å². The summed E-state index contributed by atoms with van der Waals surface area (Å²) < 4.78 is 16.1. The molecule has 1 fully saturated rings. The number of carbonyl (C=O) groups is 1. The zero-order valence-corrected chi connectivity index (χ0v) is 18.6. The van der Waals surface area contributed by atoms with E-state index in [0.717, 1.165) is 41.5 Å². The van der Waals surface area contributed by atoms with Crippen LogP contribution in [0, 0.1) is 13.8 Å². The first-order chi connectivity index (χ1) is 14.4. The van der Waals surface area contributed by atoms with E-state index >= 15 is 0 Å². The zero-order chi connectivity index (χ0) is 21.8. The summed E-state index contributed by atoms with van der Waals surface area (Å²) in [5, 5.41) is 0. The maximum absolute atomic E-state index is 13.1. The van der Waals surface area contributed by atoms with Gasteiger partial charge in [-0.2, -0.15) is 0 Å². The van der Waals surface area contributed by atoms with Gasteiger partial charge in [0.15, 0.2) is 0 Å². The molecule has 0 saturated carbocycles. The predicted molar refractivity (Wildman–Crippen MR) is 117 cm³/mol. The average molecular weight is 415 g/mol. The molecular formula is C22H30N4O4. The molecule has 0 bridgehead atoms. The summed E-state index contributed by atoms with van der Waals surface area (Å²) in [6.07, 6.45) is 0. The Balaban J connectivity index is 1.71. The van der Waals surface area contributed by atoms with Crippen LogP contribution < -0.4 is 24.0 Å². The van der Waals surface area contributed by atoms with Gasteiger partial charge in [0.05, 0.1) is 21.3 Å². The molecule has 2 amide bonds. The summed E-state index contributed by atoms with van der Waals surface area (Å²) in [6, 6.07) is 7.69. The fraction of sp³-hybridized carbons (Fsp3) is 0.455. The maximum Gasteiger partial charge on any atom is 0.324 e. The van der Waals surface area contributed by atoms with E-state index in [-0.39, 0.29) is 6.03 Å². The lowest BCUT2D eigenvalue weighted by atomic mass is 10.2. The molecule has 8 nitrogen and oxygen atoms in total. The van der Waals surface area contributed by atoms with Gasteiger partial charge in [-0.25, -0.2) is 9.78 Å². The van der Waals surface area contributed by atoms with Gasteiger partial charge in [-0.05, 0) is 25.5 Å². The quantitative estimate of drug-likeness (QED) is 0.749. The van der Waals surface area contributed by atoms with Crippen molar-refractivity contribution in [3.05, 3.63) is 35.5 Å². The molecule has 0 atom stereocenters. The number of urea groups is 1. The molecule has 2 aromatic rings. The molecule has 0 radical (unpaired) electrons. The van der Waals surface area contributed by atoms with E-state index in [1.807, 2.05) is 43.0 Å². The third-order valence-corrected chi connectivity index (χ3v) is 5.51. The maximum atomic E-state index is 13.1. The van der Waals surface area contributed by atoms with Crippen molar-refractivity contribution in [3.8, 4) is 17.4 Å². The van der Waals surface area contributed by atoms with E-state index in [9.17, 15) is 4.79 Å². The van der Waals surface area contributed by atoms with Crippen LogP contribution in [0.4, 0.5) is 16.2 Å². The molecule has 2 heterocycles. The number of benzene rings is 1. The van der Waals surface area contributed by atoms with Crippen LogP contribution in [0.25, 0.3) is 0 Å². The van der Waals surface area contributed by atoms with Gasteiger partial charge in [0.25, 0.3) is 0 Å². The summed E-state index contributed by atoms with van der Waals surface area (Å²) in [5.74, 6) is 1.95. The second kappa shape index (κ2) is 9.11. The van der Waals surface area contributed by atoms with Gasteiger partial charge in [0, 0.05) is 62.8 Å². The van der Waals surface area contributed by atoms with Crippen LogP contribution in [0.1, 0.15) is 11.3 Å². The van der Waals surface area contributed by atoms with E-state index in [2.05, 4.69) is 9.88 Å². The second-order valence-corrected chi connectivity index (χ2v) is 7.31. The van der Waals surface area contributed by atoms with Crippen LogP contribution >= 0.6 is 0 Å². The first-order valence-corrected chi connectivity index (χ1v) is 9.90. The zero-order valence-electron chi connectivity index (χ0n) is 18.6. The van der Waals surface area contributed by atoms with Gasteiger partial charge in [0.2, 0.25) is 5.88 Å². The molecule has 1 saturated heterocycles. The summed E-state index contributed by atoms with van der Waals surface area (Å²) in [7, 11) is 6.61. The molecule has 0 spiro atoms. The summed E-state index contributed by atoms with van der Waals surface area (Å²) in [5.41, 5.74) is 3.60. The van der Waals surface area contributed by atoms with Crippen molar-refractivity contribution in [1.82, 2.24) is 9.88 Å². The number of methoxy groups -OCH3 is 3. The highest BCUT2D eigenvalue weighted by Crippen LogP contribution is 2.30. The molecule has 3 rings (SSSR count). The fourth-order valence-corrected chi connectivity index (χ4v) is 3.51. The van der Waals surface area contributed by atoms with Crippen LogP contribution in [0.2, 0.25) is 0 Å². The fourth-order valence-electron chi connectivity index (χ4n) is 3.51. The Kier molecular flexibility index (Phi) is 6.54. The lowest BCUT2D eigenvalue weighted by Crippen LogP contribution is -2.52. The lowest BCUT2D eigenvalue weighted by molar-refractivity contribution is 0.202. The van der Waals surface area contributed by atoms with Crippen molar-refractivity contribution in [2.75, 3.05) is 64.4 Å². The Morgan fingerprint density at radius 2 is 1.53 bits per heavy atom. The smallest absolute Gasteiger partial charge is 0.324 e. The summed E-state index contributed by atoms with van der Waals surface area (Å²) in [6.45, 7) is 6.57. The number of aromatic nitrogens is 1. The number of hydrogen-bond donors (Lipinski definition) is 0. The van der Waals surface area contributed by atoms with Crippen molar-refractivity contribution >= 4 is 17.4 Å². The molecule has 1 aromatic carbocycles. The number of anilines is 2. The Bertz CT molecular complexity index is 888. The first-order valence-electron chi connectivity index (χ1n) is 9.90. The van der Waals surface area contributed by atoms with Crippen LogP contribution in [0.3, 0.4) is 0 Å². The molecular weight excluding hydrogens is 384 g/mol. The number of piperazine rings is 1. The third-order valence-electron chi connectivity index (χ3n) is 5.51. The lowest BCUT2D eigenvalue weighted by Gasteiger charge is -2.38. The number of nitrogens with zero attached hydrogens (tertiary/aromatic N) is 4. The molecule has 8 heteroatoms. The Hall–Kier alpha value is -3.16. The van der Waals surface area contributed by atoms with Gasteiger partial charge >= 0.3 is 6.03 Å². The normalized spacial score (nSPS) is 13.8. The highest BCUT2D eigenvalue weighted by atomic mass is 16.5. The van der Waals surface area contributed by atoms with E-state index in [4.69, 9.17) is 14.2 Å². The van der Waals surface area contributed by atoms with Gasteiger partial charge in [-0.3, -0.25) is 4.90 Å². The largest absolute Gasteiger partial charge is 0.497 e. The number of rotatable bonds is 5. The topological polar surface area (TPSA) is 67.4 Å². The van der Waals surface area contributed by atoms with E-state index < -0.39 is 0 Å². The van der Waals surface area contributed by atoms with Gasteiger partial charge in [0.1, 0.15) is 17.2 Å². The van der Waals surface area contributed by atoms with Gasteiger partial charge < -0.3 is 24.0 Å². The monoisotopic (exact) mass is 414 g/mol. The van der Waals surface area contributed by atoms with Crippen LogP contribution in [0.15, 0.2) is 24.3 Å². The Morgan fingerprint density at radius 3 is 2.07 bits per heavy atom. The first kappa shape index (κ1) is 21.5. The molecule has 1 aliphatic heterocycles. The highest BCUT2D eigenvalue weighted by Gasteiger charge is 2.27. The van der Waals surface area contributed by atoms with Crippen LogP contribution in [-0.4, -0.2) is 70.5 Å². The number of amides is 2. The Labute approximate surface area is 177 Å². The molecule has 30 heavy (non-hydrogen) atoms. The molecule has 0 unspecified atom stereocenters. The number of carbonyl (C=O) groups excluding carboxylic acids is 1. The minimum absolute atomic E-state index is 0.0683. The minimum atomic E-state index is -0.0683. The van der Waals surface area contributed by atoms with Crippen molar-refractivity contribution in [3.63, 3.8) is 0 Å². The number of hydrogen-bond acceptors (Lipinski definition) is 6. The summed E-state index contributed by atoms with van der Waals surface area (Å²) >= 11 is 0. The second-order valence-electron chi connectivity index (χ2n) is 7.31. The highest BCUT2D eigenvalue weighted by molar-refractivity contribution is 5.93. The number of pyridine rings is 1. The molecule has 0 N–H and O–H groups in total. The minimum Gasteiger partial charge on any atom is -0.497 e. The van der Waals surface area contributed by atoms with Gasteiger partial charge in [-0.1, -0.05) is 0 Å². The SMILES string of the molecule is COc1cc(OC)cc(N2CCN(C(=O)N(C)c3cc(C)c(C)nc3OC)CC2)c1. The molecule has 1 aliphatic rings. The molecule has 0 aliphatic carbocycles. The third kappa shape index (κ3) is 4.37. The number of ether oxygens (including phenoxy) is 3. The van der Waals surface area contributed by atoms with Crippen molar-refractivity contribution in [1.29, 1.82) is 0 Å². The van der Waals surface area contributed by atoms with Crippen molar-refractivity contribution in [2.24, 2.45) is 0 Å². The van der Waals surface area contributed by atoms with Crippen LogP contribution in [-0.2, 0) is 0 Å². The molecule has 1 aromatic heterocycles. The van der Waals surface area contributed by atoms with E-state index in [0.29, 0.717) is 24.7 Å².